The lowest BCUT2D eigenvalue weighted by atomic mass is 9.95. The number of benzene rings is 2. The van der Waals surface area contributed by atoms with Gasteiger partial charge in [-0.05, 0) is 42.2 Å². The summed E-state index contributed by atoms with van der Waals surface area (Å²) < 4.78 is 20.8. The Kier molecular flexibility index (Phi) is 9.22. The molecule has 5 rings (SSSR count). The first-order valence-electron chi connectivity index (χ1n) is 13.5. The molecule has 216 valence electrons. The minimum atomic E-state index is -1.16. The van der Waals surface area contributed by atoms with Crippen LogP contribution in [0, 0.1) is 11.7 Å². The number of halogens is 3. The van der Waals surface area contributed by atoms with Crippen molar-refractivity contribution in [2.45, 2.75) is 25.3 Å². The molecule has 2 fully saturated rings. The maximum Gasteiger partial charge on any atom is 0.326 e. The molecule has 0 aliphatic carbocycles. The van der Waals surface area contributed by atoms with Crippen LogP contribution >= 0.6 is 23.2 Å². The molecule has 2 saturated heterocycles. The second-order valence-electron chi connectivity index (χ2n) is 10.1. The molecule has 1 unspecified atom stereocenters. The van der Waals surface area contributed by atoms with Gasteiger partial charge < -0.3 is 25.0 Å². The number of amides is 1. The number of anilines is 2. The van der Waals surface area contributed by atoms with Gasteiger partial charge in [-0.3, -0.25) is 4.79 Å². The van der Waals surface area contributed by atoms with E-state index in [1.807, 2.05) is 23.1 Å². The molecule has 9 nitrogen and oxygen atoms in total. The van der Waals surface area contributed by atoms with Gasteiger partial charge in [0.1, 0.15) is 12.4 Å². The molecule has 0 spiro atoms. The predicted molar refractivity (Wildman–Crippen MR) is 155 cm³/mol. The third-order valence-electron chi connectivity index (χ3n) is 7.38. The van der Waals surface area contributed by atoms with Crippen molar-refractivity contribution in [2.75, 3.05) is 49.2 Å². The largest absolute Gasteiger partial charge is 0.480 e. The number of hydrogen-bond acceptors (Lipinski definition) is 7. The fourth-order valence-electron chi connectivity index (χ4n) is 5.25. The Morgan fingerprint density at radius 3 is 2.54 bits per heavy atom. The quantitative estimate of drug-likeness (QED) is 0.390. The van der Waals surface area contributed by atoms with Gasteiger partial charge in [0.05, 0.1) is 19.1 Å². The Morgan fingerprint density at radius 1 is 1.07 bits per heavy atom. The Balaban J connectivity index is 1.25. The topological polar surface area (TPSA) is 108 Å². The smallest absolute Gasteiger partial charge is 0.326 e. The zero-order chi connectivity index (χ0) is 28.9. The maximum absolute atomic E-state index is 15.5. The van der Waals surface area contributed by atoms with Gasteiger partial charge in [0, 0.05) is 48.2 Å². The highest BCUT2D eigenvalue weighted by Crippen LogP contribution is 2.31. The minimum Gasteiger partial charge on any atom is -0.480 e. The molecule has 2 atom stereocenters. The Morgan fingerprint density at radius 2 is 1.83 bits per heavy atom. The lowest BCUT2D eigenvalue weighted by Crippen LogP contribution is -2.49. The monoisotopic (exact) mass is 601 g/mol. The second-order valence-corrected chi connectivity index (χ2v) is 11.0. The SMILES string of the molecule is O=C(N[C@@H](Cc1ccc(-c2cccc(Cl)c2)c(Cl)c1)C(=O)O)C1CCCN(c2ncnc(N3CCOCC3)c2F)C1. The molecular weight excluding hydrogens is 572 g/mol. The molecule has 2 N–H and O–H groups in total. The number of nitrogens with zero attached hydrogens (tertiary/aromatic N) is 4. The summed E-state index contributed by atoms with van der Waals surface area (Å²) in [4.78, 5) is 37.2. The van der Waals surface area contributed by atoms with Gasteiger partial charge in [-0.2, -0.15) is 4.39 Å². The van der Waals surface area contributed by atoms with Crippen molar-refractivity contribution >= 4 is 46.7 Å². The highest BCUT2D eigenvalue weighted by Gasteiger charge is 2.32. The number of nitrogens with one attached hydrogen (secondary N) is 1. The summed E-state index contributed by atoms with van der Waals surface area (Å²) in [7, 11) is 0. The fraction of sp³-hybridized carbons (Fsp3) is 0.379. The number of aromatic nitrogens is 2. The number of hydrogen-bond donors (Lipinski definition) is 2. The molecule has 3 aromatic rings. The minimum absolute atomic E-state index is 0.0521. The van der Waals surface area contributed by atoms with Gasteiger partial charge in [-0.1, -0.05) is 47.5 Å². The normalized spacial score (nSPS) is 18.2. The fourth-order valence-corrected chi connectivity index (χ4v) is 5.75. The van der Waals surface area contributed by atoms with E-state index in [0.717, 1.165) is 11.1 Å². The van der Waals surface area contributed by atoms with E-state index < -0.39 is 29.7 Å². The number of ether oxygens (including phenoxy) is 1. The van der Waals surface area contributed by atoms with Crippen LogP contribution in [-0.4, -0.2) is 72.4 Å². The average molecular weight is 602 g/mol. The molecule has 0 radical (unpaired) electrons. The molecule has 0 bridgehead atoms. The lowest BCUT2D eigenvalue weighted by molar-refractivity contribution is -0.142. The van der Waals surface area contributed by atoms with E-state index in [2.05, 4.69) is 15.3 Å². The van der Waals surface area contributed by atoms with Crippen molar-refractivity contribution in [3.63, 3.8) is 0 Å². The predicted octanol–water partition coefficient (Wildman–Crippen LogP) is 4.45. The van der Waals surface area contributed by atoms with E-state index in [1.165, 1.54) is 6.33 Å². The van der Waals surface area contributed by atoms with Crippen LogP contribution in [0.3, 0.4) is 0 Å². The van der Waals surface area contributed by atoms with E-state index in [9.17, 15) is 14.7 Å². The van der Waals surface area contributed by atoms with Crippen LogP contribution in [0.5, 0.6) is 0 Å². The van der Waals surface area contributed by atoms with Crippen LogP contribution in [0.4, 0.5) is 16.0 Å². The number of piperidine rings is 1. The Bertz CT molecular complexity index is 1420. The van der Waals surface area contributed by atoms with Crippen molar-refractivity contribution < 1.29 is 23.8 Å². The molecule has 41 heavy (non-hydrogen) atoms. The van der Waals surface area contributed by atoms with Crippen LogP contribution in [0.1, 0.15) is 18.4 Å². The Hall–Kier alpha value is -3.47. The second kappa shape index (κ2) is 13.0. The lowest BCUT2D eigenvalue weighted by Gasteiger charge is -2.34. The molecule has 2 aliphatic heterocycles. The summed E-state index contributed by atoms with van der Waals surface area (Å²) in [5, 5.41) is 13.6. The molecule has 12 heteroatoms. The van der Waals surface area contributed by atoms with Crippen molar-refractivity contribution in [1.82, 2.24) is 15.3 Å². The third-order valence-corrected chi connectivity index (χ3v) is 7.93. The summed E-state index contributed by atoms with van der Waals surface area (Å²) in [5.41, 5.74) is 2.28. The zero-order valence-electron chi connectivity index (χ0n) is 22.2. The summed E-state index contributed by atoms with van der Waals surface area (Å²) >= 11 is 12.6. The number of carbonyl (C=O) groups excluding carboxylic acids is 1. The molecular formula is C29H30Cl2FN5O4. The molecule has 2 aliphatic rings. The van der Waals surface area contributed by atoms with Gasteiger partial charge in [0.15, 0.2) is 11.6 Å². The van der Waals surface area contributed by atoms with E-state index in [4.69, 9.17) is 27.9 Å². The third kappa shape index (κ3) is 6.89. The highest BCUT2D eigenvalue weighted by atomic mass is 35.5. The number of morpholine rings is 1. The van der Waals surface area contributed by atoms with Gasteiger partial charge in [0.25, 0.3) is 0 Å². The van der Waals surface area contributed by atoms with E-state index in [0.29, 0.717) is 61.3 Å². The Labute approximate surface area is 247 Å². The number of carboxylic acids is 1. The molecule has 2 aromatic carbocycles. The van der Waals surface area contributed by atoms with Crippen molar-refractivity contribution in [3.05, 3.63) is 70.2 Å². The number of aliphatic carboxylic acids is 1. The number of carboxylic acid groups (broad SMARTS) is 1. The van der Waals surface area contributed by atoms with Crippen molar-refractivity contribution in [2.24, 2.45) is 5.92 Å². The van der Waals surface area contributed by atoms with Gasteiger partial charge in [-0.15, -0.1) is 0 Å². The van der Waals surface area contributed by atoms with E-state index in [-0.39, 0.29) is 24.6 Å². The van der Waals surface area contributed by atoms with Crippen LogP contribution in [0.15, 0.2) is 48.8 Å². The van der Waals surface area contributed by atoms with E-state index >= 15 is 4.39 Å². The molecule has 3 heterocycles. The number of carbonyl (C=O) groups is 2. The summed E-state index contributed by atoms with van der Waals surface area (Å²) in [6.45, 7) is 2.80. The van der Waals surface area contributed by atoms with Crippen LogP contribution < -0.4 is 15.1 Å². The van der Waals surface area contributed by atoms with Crippen molar-refractivity contribution in [3.8, 4) is 11.1 Å². The summed E-state index contributed by atoms with van der Waals surface area (Å²) in [5.74, 6) is -2.25. The zero-order valence-corrected chi connectivity index (χ0v) is 23.7. The number of rotatable bonds is 8. The molecule has 0 saturated carbocycles. The van der Waals surface area contributed by atoms with Crippen molar-refractivity contribution in [1.29, 1.82) is 0 Å². The van der Waals surface area contributed by atoms with Gasteiger partial charge in [0.2, 0.25) is 11.7 Å². The molecule has 1 aromatic heterocycles. The summed E-state index contributed by atoms with van der Waals surface area (Å²) in [6, 6.07) is 11.4. The van der Waals surface area contributed by atoms with Crippen LogP contribution in [-0.2, 0) is 20.7 Å². The van der Waals surface area contributed by atoms with Gasteiger partial charge in [-0.25, -0.2) is 14.8 Å². The summed E-state index contributed by atoms with van der Waals surface area (Å²) in [6.07, 6.45) is 2.57. The van der Waals surface area contributed by atoms with Gasteiger partial charge >= 0.3 is 5.97 Å². The highest BCUT2D eigenvalue weighted by molar-refractivity contribution is 6.34. The standard InChI is InChI=1S/C29H30Cl2FN5O4/c30-21-5-1-3-19(15-21)22-7-6-18(13-23(22)31)14-24(29(39)40)35-28(38)20-4-2-8-37(16-20)27-25(32)26(33-17-34-27)36-9-11-41-12-10-36/h1,3,5-7,13,15,17,20,24H,2,4,8-12,14,16H2,(H,35,38)(H,39,40)/t20?,24-/m0/s1. The maximum atomic E-state index is 15.5. The first-order chi connectivity index (χ1) is 19.8. The average Bonchev–Trinajstić information content (AvgIpc) is 2.97. The molecule has 1 amide bonds. The van der Waals surface area contributed by atoms with E-state index in [1.54, 1.807) is 29.2 Å². The first-order valence-corrected chi connectivity index (χ1v) is 14.2. The first kappa shape index (κ1) is 29.0. The van der Waals surface area contributed by atoms with Crippen LogP contribution in [0.2, 0.25) is 10.0 Å². The van der Waals surface area contributed by atoms with Crippen LogP contribution in [0.25, 0.3) is 11.1 Å².